The van der Waals surface area contributed by atoms with Gasteiger partial charge in [-0.1, -0.05) is 227 Å². The van der Waals surface area contributed by atoms with Crippen molar-refractivity contribution in [1.29, 1.82) is 0 Å². The molecule has 0 aliphatic heterocycles. The van der Waals surface area contributed by atoms with E-state index >= 15 is 0 Å². The van der Waals surface area contributed by atoms with Crippen LogP contribution in [0.3, 0.4) is 0 Å². The summed E-state index contributed by atoms with van der Waals surface area (Å²) < 4.78 is 16.8. The molecule has 0 saturated heterocycles. The van der Waals surface area contributed by atoms with Crippen molar-refractivity contribution in [2.24, 2.45) is 0 Å². The number of allylic oxidation sites excluding steroid dienone is 16. The predicted octanol–water partition coefficient (Wildman–Crippen LogP) is 18.9. The van der Waals surface area contributed by atoms with Crippen LogP contribution in [0.1, 0.15) is 258 Å². The number of carbonyl (C=O) groups excluding carboxylic acids is 3. The highest BCUT2D eigenvalue weighted by molar-refractivity contribution is 5.71. The average Bonchev–Trinajstić information content (AvgIpc) is 3.34. The Hall–Kier alpha value is -3.67. The first-order valence-corrected chi connectivity index (χ1v) is 28.3. The monoisotopic (exact) mass is 945 g/mol. The molecule has 0 bridgehead atoms. The summed E-state index contributed by atoms with van der Waals surface area (Å²) in [6.45, 7) is 6.37. The highest BCUT2D eigenvalue weighted by Gasteiger charge is 2.19. The highest BCUT2D eigenvalue weighted by Crippen LogP contribution is 2.15. The van der Waals surface area contributed by atoms with Crippen LogP contribution in [0.5, 0.6) is 0 Å². The molecule has 0 saturated carbocycles. The smallest absolute Gasteiger partial charge is 0.306 e. The van der Waals surface area contributed by atoms with Gasteiger partial charge in [-0.05, 0) is 109 Å². The number of carbonyl (C=O) groups is 3. The van der Waals surface area contributed by atoms with Crippen LogP contribution in [0.25, 0.3) is 0 Å². The zero-order valence-corrected chi connectivity index (χ0v) is 44.3. The maximum absolute atomic E-state index is 12.8. The maximum Gasteiger partial charge on any atom is 0.306 e. The zero-order chi connectivity index (χ0) is 49.3. The minimum atomic E-state index is -0.793. The van der Waals surface area contributed by atoms with Crippen molar-refractivity contribution in [3.05, 3.63) is 97.2 Å². The van der Waals surface area contributed by atoms with Gasteiger partial charge in [-0.15, -0.1) is 0 Å². The Labute approximate surface area is 419 Å². The van der Waals surface area contributed by atoms with Gasteiger partial charge in [0.15, 0.2) is 6.10 Å². The summed E-state index contributed by atoms with van der Waals surface area (Å²) in [5.41, 5.74) is 0. The Morgan fingerprint density at radius 2 is 0.618 bits per heavy atom. The van der Waals surface area contributed by atoms with Gasteiger partial charge in [-0.25, -0.2) is 0 Å². The number of rotatable bonds is 50. The van der Waals surface area contributed by atoms with E-state index in [9.17, 15) is 14.4 Å². The lowest BCUT2D eigenvalue weighted by atomic mass is 10.1. The molecule has 0 aliphatic carbocycles. The topological polar surface area (TPSA) is 78.9 Å². The third-order valence-electron chi connectivity index (χ3n) is 11.8. The molecular weight excluding hydrogens is 841 g/mol. The summed E-state index contributed by atoms with van der Waals surface area (Å²) in [7, 11) is 0. The molecule has 0 radical (unpaired) electrons. The molecule has 0 aromatic rings. The minimum absolute atomic E-state index is 0.0902. The molecule has 0 N–H and O–H groups in total. The van der Waals surface area contributed by atoms with Gasteiger partial charge in [0, 0.05) is 19.3 Å². The van der Waals surface area contributed by atoms with Crippen molar-refractivity contribution in [2.45, 2.75) is 264 Å². The first kappa shape index (κ1) is 64.3. The number of hydrogen-bond donors (Lipinski definition) is 0. The molecule has 1 unspecified atom stereocenters. The third-order valence-corrected chi connectivity index (χ3v) is 11.8. The number of unbranched alkanes of at least 4 members (excludes halogenated alkanes) is 24. The van der Waals surface area contributed by atoms with Gasteiger partial charge in [0.2, 0.25) is 0 Å². The second-order valence-corrected chi connectivity index (χ2v) is 18.5. The summed E-state index contributed by atoms with van der Waals surface area (Å²) >= 11 is 0. The van der Waals surface area contributed by atoms with Gasteiger partial charge in [-0.2, -0.15) is 0 Å². The highest BCUT2D eigenvalue weighted by atomic mass is 16.6. The Kier molecular flexibility index (Phi) is 52.9. The molecule has 0 aliphatic rings. The third kappa shape index (κ3) is 53.3. The van der Waals surface area contributed by atoms with Crippen molar-refractivity contribution >= 4 is 17.9 Å². The van der Waals surface area contributed by atoms with Crippen LogP contribution in [0.15, 0.2) is 97.2 Å². The molecule has 0 heterocycles. The SMILES string of the molecule is CC/C=C\C/C=C\C/C=C\CCCCCCCCCCCC(=O)OCC(COC(=O)CCCCCCCC/C=C\C=C/CCCCC)OC(=O)CCCCCCCC/C=C\C/C=C\C/C=C\CC. The maximum atomic E-state index is 12.8. The molecule has 68 heavy (non-hydrogen) atoms. The van der Waals surface area contributed by atoms with Gasteiger partial charge >= 0.3 is 17.9 Å². The lowest BCUT2D eigenvalue weighted by Crippen LogP contribution is -2.30. The summed E-state index contributed by atoms with van der Waals surface area (Å²) in [4.78, 5) is 38.2. The zero-order valence-electron chi connectivity index (χ0n) is 44.3. The van der Waals surface area contributed by atoms with Crippen LogP contribution < -0.4 is 0 Å². The van der Waals surface area contributed by atoms with E-state index in [-0.39, 0.29) is 31.1 Å². The van der Waals surface area contributed by atoms with Gasteiger partial charge in [0.25, 0.3) is 0 Å². The lowest BCUT2D eigenvalue weighted by Gasteiger charge is -2.18. The van der Waals surface area contributed by atoms with Gasteiger partial charge < -0.3 is 14.2 Å². The first-order valence-electron chi connectivity index (χ1n) is 28.3. The average molecular weight is 946 g/mol. The van der Waals surface area contributed by atoms with E-state index < -0.39 is 6.10 Å². The van der Waals surface area contributed by atoms with E-state index in [2.05, 4.69) is 118 Å². The molecule has 6 nitrogen and oxygen atoms in total. The fraction of sp³-hybridized carbons (Fsp3) is 0.694. The van der Waals surface area contributed by atoms with E-state index in [1.807, 2.05) is 0 Å². The second kappa shape index (κ2) is 55.9. The normalized spacial score (nSPS) is 12.8. The minimum Gasteiger partial charge on any atom is -0.462 e. The van der Waals surface area contributed by atoms with Crippen LogP contribution in [-0.2, 0) is 28.6 Å². The van der Waals surface area contributed by atoms with E-state index in [1.54, 1.807) is 0 Å². The summed E-state index contributed by atoms with van der Waals surface area (Å²) in [6, 6.07) is 0. The first-order chi connectivity index (χ1) is 33.5. The fourth-order valence-electron chi connectivity index (χ4n) is 7.64. The fourth-order valence-corrected chi connectivity index (χ4v) is 7.64. The molecule has 0 aromatic carbocycles. The second-order valence-electron chi connectivity index (χ2n) is 18.5. The summed E-state index contributed by atoms with van der Waals surface area (Å²) in [5.74, 6) is -0.918. The standard InChI is InChI=1S/C62H104O6/c1-4-7-10-13-16-19-22-25-28-30-31-32-35-37-40-43-46-49-52-55-61(64)67-58-59(57-66-60(63)54-51-48-45-42-39-36-33-27-24-21-18-15-12-9-6-3)68-62(65)56-53-50-47-44-41-38-34-29-26-23-20-17-14-11-8-5-2/h7-8,10-11,16-21,24-29,59H,4-6,9,12-15,22-23,30-58H2,1-3H3/b10-7-,11-8-,19-16-,20-17-,21-18-,27-24-,28-25-,29-26-. The van der Waals surface area contributed by atoms with Crippen molar-refractivity contribution < 1.29 is 28.6 Å². The van der Waals surface area contributed by atoms with Crippen molar-refractivity contribution in [2.75, 3.05) is 13.2 Å². The van der Waals surface area contributed by atoms with E-state index in [4.69, 9.17) is 14.2 Å². The summed E-state index contributed by atoms with van der Waals surface area (Å²) in [5, 5.41) is 0. The van der Waals surface area contributed by atoms with Gasteiger partial charge in [0.1, 0.15) is 13.2 Å². The van der Waals surface area contributed by atoms with Crippen molar-refractivity contribution in [3.8, 4) is 0 Å². The Morgan fingerprint density at radius 3 is 0.985 bits per heavy atom. The van der Waals surface area contributed by atoms with E-state index in [1.165, 1.54) is 103 Å². The van der Waals surface area contributed by atoms with Crippen LogP contribution in [0.4, 0.5) is 0 Å². The Morgan fingerprint density at radius 1 is 0.324 bits per heavy atom. The lowest BCUT2D eigenvalue weighted by molar-refractivity contribution is -0.167. The molecule has 0 spiro atoms. The van der Waals surface area contributed by atoms with Crippen LogP contribution in [-0.4, -0.2) is 37.2 Å². The molecule has 1 atom stereocenters. The summed E-state index contributed by atoms with van der Waals surface area (Å²) in [6.07, 6.45) is 73.9. The van der Waals surface area contributed by atoms with Gasteiger partial charge in [0.05, 0.1) is 0 Å². The van der Waals surface area contributed by atoms with Gasteiger partial charge in [-0.3, -0.25) is 14.4 Å². The number of esters is 3. The number of ether oxygens (including phenoxy) is 3. The molecule has 6 heteroatoms. The number of hydrogen-bond acceptors (Lipinski definition) is 6. The predicted molar refractivity (Wildman–Crippen MR) is 293 cm³/mol. The molecule has 0 amide bonds. The van der Waals surface area contributed by atoms with E-state index in [0.29, 0.717) is 19.3 Å². The van der Waals surface area contributed by atoms with Crippen LogP contribution in [0, 0.1) is 0 Å². The molecule has 0 aromatic heterocycles. The largest absolute Gasteiger partial charge is 0.462 e. The molecule has 388 valence electrons. The van der Waals surface area contributed by atoms with E-state index in [0.717, 1.165) is 116 Å². The van der Waals surface area contributed by atoms with Crippen molar-refractivity contribution in [3.63, 3.8) is 0 Å². The molecular formula is C62H104O6. The van der Waals surface area contributed by atoms with Crippen LogP contribution >= 0.6 is 0 Å². The van der Waals surface area contributed by atoms with Crippen LogP contribution in [0.2, 0.25) is 0 Å². The molecule has 0 rings (SSSR count). The molecule has 0 fully saturated rings. The van der Waals surface area contributed by atoms with Crippen molar-refractivity contribution in [1.82, 2.24) is 0 Å². The Bertz CT molecular complexity index is 1360. The quantitative estimate of drug-likeness (QED) is 0.0199. The Balaban J connectivity index is 4.42.